The number of aromatic nitrogens is 4. The van der Waals surface area contributed by atoms with Crippen LogP contribution in [0, 0.1) is 12.8 Å². The summed E-state index contributed by atoms with van der Waals surface area (Å²) in [6.07, 6.45) is 9.66. The van der Waals surface area contributed by atoms with Crippen molar-refractivity contribution in [1.29, 1.82) is 0 Å². The maximum absolute atomic E-state index is 4.67. The first-order valence-corrected chi connectivity index (χ1v) is 9.39. The SMILES string of the molecule is Cc1nc2ccccc2n1CCCN1CCC(Cn2ccnc2)CC1. The van der Waals surface area contributed by atoms with Crippen LogP contribution in [0.1, 0.15) is 25.1 Å². The summed E-state index contributed by atoms with van der Waals surface area (Å²) in [5.41, 5.74) is 2.37. The monoisotopic (exact) mass is 337 g/mol. The molecule has 4 rings (SSSR count). The molecule has 132 valence electrons. The molecule has 0 saturated carbocycles. The Morgan fingerprint density at radius 2 is 1.96 bits per heavy atom. The third-order valence-corrected chi connectivity index (χ3v) is 5.44. The molecule has 3 aromatic rings. The Balaban J connectivity index is 1.25. The standard InChI is InChI=1S/C20H27N5/c1-17-22-19-5-2-3-6-20(19)25(17)11-4-10-23-12-7-18(8-13-23)15-24-14-9-21-16-24/h2-3,5-6,9,14,16,18H,4,7-8,10-13,15H2,1H3. The van der Waals surface area contributed by atoms with Gasteiger partial charge in [-0.1, -0.05) is 12.1 Å². The number of fused-ring (bicyclic) bond motifs is 1. The third-order valence-electron chi connectivity index (χ3n) is 5.44. The average molecular weight is 337 g/mol. The first kappa shape index (κ1) is 16.3. The van der Waals surface area contributed by atoms with Gasteiger partial charge in [0.15, 0.2) is 0 Å². The molecule has 0 unspecified atom stereocenters. The van der Waals surface area contributed by atoms with Crippen molar-refractivity contribution in [3.63, 3.8) is 0 Å². The van der Waals surface area contributed by atoms with Gasteiger partial charge < -0.3 is 14.0 Å². The van der Waals surface area contributed by atoms with Crippen LogP contribution in [-0.2, 0) is 13.1 Å². The van der Waals surface area contributed by atoms with Crippen LogP contribution in [0.2, 0.25) is 0 Å². The number of hydrogen-bond acceptors (Lipinski definition) is 3. The average Bonchev–Trinajstić information content (AvgIpc) is 3.24. The van der Waals surface area contributed by atoms with Crippen LogP contribution in [0.5, 0.6) is 0 Å². The Kier molecular flexibility index (Phi) is 4.83. The highest BCUT2D eigenvalue weighted by Gasteiger charge is 2.19. The Morgan fingerprint density at radius 1 is 1.12 bits per heavy atom. The fraction of sp³-hybridized carbons (Fsp3) is 0.500. The van der Waals surface area contributed by atoms with Gasteiger partial charge in [-0.3, -0.25) is 0 Å². The van der Waals surface area contributed by atoms with Gasteiger partial charge in [0.1, 0.15) is 5.82 Å². The molecule has 0 atom stereocenters. The van der Waals surface area contributed by atoms with E-state index in [2.05, 4.69) is 61.4 Å². The van der Waals surface area contributed by atoms with Gasteiger partial charge in [-0.25, -0.2) is 9.97 Å². The Hall–Kier alpha value is -2.14. The van der Waals surface area contributed by atoms with Crippen LogP contribution < -0.4 is 0 Å². The summed E-state index contributed by atoms with van der Waals surface area (Å²) in [7, 11) is 0. The molecule has 25 heavy (non-hydrogen) atoms. The van der Waals surface area contributed by atoms with Crippen LogP contribution in [0.15, 0.2) is 43.0 Å². The molecule has 0 amide bonds. The predicted octanol–water partition coefficient (Wildman–Crippen LogP) is 3.34. The van der Waals surface area contributed by atoms with Gasteiger partial charge in [0.25, 0.3) is 0 Å². The highest BCUT2D eigenvalue weighted by atomic mass is 15.1. The highest BCUT2D eigenvalue weighted by molar-refractivity contribution is 5.75. The molecule has 1 aliphatic heterocycles. The maximum Gasteiger partial charge on any atom is 0.106 e. The maximum atomic E-state index is 4.67. The van der Waals surface area contributed by atoms with E-state index in [1.165, 1.54) is 44.4 Å². The number of imidazole rings is 2. The molecule has 1 saturated heterocycles. The number of aryl methyl sites for hydroxylation is 2. The van der Waals surface area contributed by atoms with Crippen molar-refractivity contribution in [2.75, 3.05) is 19.6 Å². The molecule has 1 aromatic carbocycles. The van der Waals surface area contributed by atoms with Crippen LogP contribution >= 0.6 is 0 Å². The summed E-state index contributed by atoms with van der Waals surface area (Å²) in [6.45, 7) is 7.92. The number of rotatable bonds is 6. The lowest BCUT2D eigenvalue weighted by molar-refractivity contribution is 0.170. The van der Waals surface area contributed by atoms with E-state index in [-0.39, 0.29) is 0 Å². The number of piperidine rings is 1. The zero-order valence-corrected chi connectivity index (χ0v) is 15.0. The molecule has 3 heterocycles. The number of likely N-dealkylation sites (tertiary alicyclic amines) is 1. The zero-order chi connectivity index (χ0) is 17.1. The molecule has 0 N–H and O–H groups in total. The number of hydrogen-bond donors (Lipinski definition) is 0. The second-order valence-corrected chi connectivity index (χ2v) is 7.20. The van der Waals surface area contributed by atoms with Crippen molar-refractivity contribution >= 4 is 11.0 Å². The molecule has 5 nitrogen and oxygen atoms in total. The van der Waals surface area contributed by atoms with E-state index in [0.717, 1.165) is 30.3 Å². The molecular weight excluding hydrogens is 310 g/mol. The molecule has 0 bridgehead atoms. The van der Waals surface area contributed by atoms with Gasteiger partial charge in [0.05, 0.1) is 17.4 Å². The molecule has 0 spiro atoms. The number of para-hydroxylation sites is 2. The van der Waals surface area contributed by atoms with E-state index in [9.17, 15) is 0 Å². The Morgan fingerprint density at radius 3 is 2.76 bits per heavy atom. The Bertz CT molecular complexity index is 797. The number of benzene rings is 1. The first-order valence-electron chi connectivity index (χ1n) is 9.39. The van der Waals surface area contributed by atoms with Gasteiger partial charge >= 0.3 is 0 Å². The third kappa shape index (κ3) is 3.76. The van der Waals surface area contributed by atoms with E-state index < -0.39 is 0 Å². The van der Waals surface area contributed by atoms with Gasteiger partial charge in [-0.15, -0.1) is 0 Å². The second-order valence-electron chi connectivity index (χ2n) is 7.20. The van der Waals surface area contributed by atoms with Gasteiger partial charge in [-0.05, 0) is 63.9 Å². The molecular formula is C20H27N5. The van der Waals surface area contributed by atoms with E-state index in [0.29, 0.717) is 0 Å². The summed E-state index contributed by atoms with van der Waals surface area (Å²) >= 11 is 0. The van der Waals surface area contributed by atoms with Gasteiger partial charge in [0, 0.05) is 25.5 Å². The summed E-state index contributed by atoms with van der Waals surface area (Å²) in [6, 6.07) is 8.44. The van der Waals surface area contributed by atoms with Gasteiger partial charge in [0.2, 0.25) is 0 Å². The zero-order valence-electron chi connectivity index (χ0n) is 15.0. The minimum atomic E-state index is 0.797. The normalized spacial score (nSPS) is 16.7. The quantitative estimate of drug-likeness (QED) is 0.692. The van der Waals surface area contributed by atoms with Gasteiger partial charge in [-0.2, -0.15) is 0 Å². The van der Waals surface area contributed by atoms with Crippen molar-refractivity contribution in [2.24, 2.45) is 5.92 Å². The molecule has 0 aliphatic carbocycles. The lowest BCUT2D eigenvalue weighted by Crippen LogP contribution is -2.35. The highest BCUT2D eigenvalue weighted by Crippen LogP contribution is 2.20. The van der Waals surface area contributed by atoms with Crippen LogP contribution in [0.3, 0.4) is 0 Å². The van der Waals surface area contributed by atoms with Crippen LogP contribution in [-0.4, -0.2) is 43.6 Å². The molecule has 1 fully saturated rings. The van der Waals surface area contributed by atoms with Crippen molar-refractivity contribution in [3.05, 3.63) is 48.8 Å². The smallest absolute Gasteiger partial charge is 0.106 e. The van der Waals surface area contributed by atoms with E-state index in [1.54, 1.807) is 0 Å². The summed E-state index contributed by atoms with van der Waals surface area (Å²) in [4.78, 5) is 11.4. The molecule has 1 aliphatic rings. The second kappa shape index (κ2) is 7.40. The molecule has 2 aromatic heterocycles. The molecule has 5 heteroatoms. The van der Waals surface area contributed by atoms with Crippen molar-refractivity contribution in [2.45, 2.75) is 39.3 Å². The summed E-state index contributed by atoms with van der Waals surface area (Å²) in [5.74, 6) is 1.92. The van der Waals surface area contributed by atoms with E-state index in [1.807, 2.05) is 12.5 Å². The Labute approximate surface area is 149 Å². The van der Waals surface area contributed by atoms with Crippen molar-refractivity contribution in [3.8, 4) is 0 Å². The fourth-order valence-corrected chi connectivity index (χ4v) is 4.02. The first-order chi connectivity index (χ1) is 12.3. The van der Waals surface area contributed by atoms with Crippen LogP contribution in [0.25, 0.3) is 11.0 Å². The minimum Gasteiger partial charge on any atom is -0.337 e. The largest absolute Gasteiger partial charge is 0.337 e. The minimum absolute atomic E-state index is 0.797. The predicted molar refractivity (Wildman–Crippen MR) is 100 cm³/mol. The fourth-order valence-electron chi connectivity index (χ4n) is 4.02. The summed E-state index contributed by atoms with van der Waals surface area (Å²) in [5, 5.41) is 0. The lowest BCUT2D eigenvalue weighted by Gasteiger charge is -2.32. The van der Waals surface area contributed by atoms with Crippen molar-refractivity contribution in [1.82, 2.24) is 24.0 Å². The van der Waals surface area contributed by atoms with Crippen molar-refractivity contribution < 1.29 is 0 Å². The molecule has 0 radical (unpaired) electrons. The topological polar surface area (TPSA) is 38.9 Å². The number of nitrogens with zero attached hydrogens (tertiary/aromatic N) is 5. The van der Waals surface area contributed by atoms with Crippen LogP contribution in [0.4, 0.5) is 0 Å². The summed E-state index contributed by atoms with van der Waals surface area (Å²) < 4.78 is 4.58. The van der Waals surface area contributed by atoms with E-state index >= 15 is 0 Å². The van der Waals surface area contributed by atoms with E-state index in [4.69, 9.17) is 0 Å². The lowest BCUT2D eigenvalue weighted by atomic mass is 9.96.